The van der Waals surface area contributed by atoms with Crippen LogP contribution in [-0.2, 0) is 0 Å². The standard InChI is InChI=1S/C28H40N2O2/c1-18-22(27(31)19-13-9-5-2-3-6-10-14-19)25-26(29-18)23-24(30-25)20-15-11-7-4-8-12-16-21(17-20)28(23)32/h19-21,29-30H,2-17H2,1H3. The molecule has 3 aliphatic carbocycles. The van der Waals surface area contributed by atoms with Crippen LogP contribution in [0.4, 0.5) is 0 Å². The molecule has 3 aliphatic rings. The molecule has 2 heterocycles. The molecular weight excluding hydrogens is 396 g/mol. The van der Waals surface area contributed by atoms with Gasteiger partial charge in [-0.1, -0.05) is 70.6 Å². The number of nitrogens with one attached hydrogen (secondary N) is 2. The lowest BCUT2D eigenvalue weighted by atomic mass is 9.74. The molecule has 0 aliphatic heterocycles. The fourth-order valence-electron chi connectivity index (χ4n) is 6.83. The first-order valence-electron chi connectivity index (χ1n) is 13.5. The van der Waals surface area contributed by atoms with Crippen LogP contribution in [0.3, 0.4) is 0 Å². The molecule has 2 fully saturated rings. The van der Waals surface area contributed by atoms with Gasteiger partial charge in [0.15, 0.2) is 11.6 Å². The zero-order valence-electron chi connectivity index (χ0n) is 19.9. The Morgan fingerprint density at radius 2 is 1.28 bits per heavy atom. The third-order valence-corrected chi connectivity index (χ3v) is 8.64. The maximum atomic E-state index is 13.8. The number of carbonyl (C=O) groups excluding carboxylic acids is 2. The molecule has 2 unspecified atom stereocenters. The summed E-state index contributed by atoms with van der Waals surface area (Å²) >= 11 is 0. The summed E-state index contributed by atoms with van der Waals surface area (Å²) in [5.41, 5.74) is 5.62. The van der Waals surface area contributed by atoms with Gasteiger partial charge in [-0.2, -0.15) is 0 Å². The maximum Gasteiger partial charge on any atom is 0.169 e. The summed E-state index contributed by atoms with van der Waals surface area (Å²) in [4.78, 5) is 34.5. The highest BCUT2D eigenvalue weighted by Crippen LogP contribution is 2.44. The van der Waals surface area contributed by atoms with Crippen molar-refractivity contribution >= 4 is 22.6 Å². The van der Waals surface area contributed by atoms with Crippen molar-refractivity contribution in [3.05, 3.63) is 22.5 Å². The van der Waals surface area contributed by atoms with Crippen LogP contribution in [0, 0.1) is 18.8 Å². The molecule has 0 aromatic carbocycles. The number of hydrogen-bond acceptors (Lipinski definition) is 2. The van der Waals surface area contributed by atoms with Gasteiger partial charge in [0, 0.05) is 29.1 Å². The van der Waals surface area contributed by atoms with Gasteiger partial charge in [0.2, 0.25) is 0 Å². The Hall–Kier alpha value is -1.84. The average Bonchev–Trinajstić information content (AvgIpc) is 3.34. The molecule has 0 amide bonds. The molecule has 32 heavy (non-hydrogen) atoms. The third kappa shape index (κ3) is 4.10. The van der Waals surface area contributed by atoms with Crippen LogP contribution in [0.25, 0.3) is 11.0 Å². The number of rotatable bonds is 2. The minimum atomic E-state index is 0.125. The highest BCUT2D eigenvalue weighted by Gasteiger charge is 2.38. The molecule has 0 spiro atoms. The van der Waals surface area contributed by atoms with E-state index in [2.05, 4.69) is 9.97 Å². The number of aromatic nitrogens is 2. The van der Waals surface area contributed by atoms with Crippen LogP contribution in [0.2, 0.25) is 0 Å². The van der Waals surface area contributed by atoms with Crippen LogP contribution in [-0.4, -0.2) is 21.5 Å². The largest absolute Gasteiger partial charge is 0.356 e. The van der Waals surface area contributed by atoms with Gasteiger partial charge >= 0.3 is 0 Å². The number of ketones is 2. The molecule has 2 atom stereocenters. The van der Waals surface area contributed by atoms with Gasteiger partial charge in [-0.3, -0.25) is 9.59 Å². The lowest BCUT2D eigenvalue weighted by molar-refractivity contribution is 0.0878. The molecule has 5 rings (SSSR count). The van der Waals surface area contributed by atoms with E-state index in [9.17, 15) is 9.59 Å². The van der Waals surface area contributed by atoms with Gasteiger partial charge < -0.3 is 9.97 Å². The normalized spacial score (nSPS) is 26.2. The third-order valence-electron chi connectivity index (χ3n) is 8.64. The number of fused-ring (bicyclic) bond motifs is 6. The highest BCUT2D eigenvalue weighted by atomic mass is 16.1. The van der Waals surface area contributed by atoms with Crippen LogP contribution < -0.4 is 0 Å². The Kier molecular flexibility index (Phi) is 6.57. The summed E-state index contributed by atoms with van der Waals surface area (Å²) in [6, 6.07) is 0. The Balaban J connectivity index is 1.52. The van der Waals surface area contributed by atoms with Gasteiger partial charge in [-0.25, -0.2) is 0 Å². The summed E-state index contributed by atoms with van der Waals surface area (Å²) in [5.74, 6) is 1.32. The molecule has 174 valence electrons. The molecule has 0 radical (unpaired) electrons. The number of aromatic amines is 2. The topological polar surface area (TPSA) is 65.7 Å². The molecule has 4 heteroatoms. The van der Waals surface area contributed by atoms with Crippen molar-refractivity contribution in [2.24, 2.45) is 11.8 Å². The fourth-order valence-corrected chi connectivity index (χ4v) is 6.83. The Labute approximate surface area is 192 Å². The van der Waals surface area contributed by atoms with Gasteiger partial charge in [0.1, 0.15) is 0 Å². The zero-order valence-corrected chi connectivity index (χ0v) is 19.9. The Morgan fingerprint density at radius 3 is 1.94 bits per heavy atom. The fraction of sp³-hybridized carbons (Fsp3) is 0.714. The van der Waals surface area contributed by atoms with Crippen LogP contribution in [0.5, 0.6) is 0 Å². The average molecular weight is 437 g/mol. The number of Topliss-reactive ketones (excluding diaryl/α,β-unsaturated/α-hetero) is 2. The molecule has 2 aromatic rings. The van der Waals surface area contributed by atoms with Gasteiger partial charge in [-0.15, -0.1) is 0 Å². The first-order valence-corrected chi connectivity index (χ1v) is 13.5. The monoisotopic (exact) mass is 436 g/mol. The van der Waals surface area contributed by atoms with Crippen molar-refractivity contribution in [2.45, 2.75) is 116 Å². The summed E-state index contributed by atoms with van der Waals surface area (Å²) < 4.78 is 0. The molecular formula is C28H40N2O2. The number of H-pyrrole nitrogens is 2. The minimum Gasteiger partial charge on any atom is -0.356 e. The van der Waals surface area contributed by atoms with E-state index in [0.717, 1.165) is 78.5 Å². The van der Waals surface area contributed by atoms with E-state index in [1.165, 1.54) is 57.8 Å². The first-order chi connectivity index (χ1) is 15.6. The van der Waals surface area contributed by atoms with Crippen LogP contribution >= 0.6 is 0 Å². The first kappa shape index (κ1) is 22.0. The van der Waals surface area contributed by atoms with E-state index < -0.39 is 0 Å². The van der Waals surface area contributed by atoms with E-state index in [-0.39, 0.29) is 11.8 Å². The van der Waals surface area contributed by atoms with Crippen molar-refractivity contribution in [1.82, 2.24) is 9.97 Å². The van der Waals surface area contributed by atoms with Gasteiger partial charge in [0.25, 0.3) is 0 Å². The summed E-state index contributed by atoms with van der Waals surface area (Å²) in [7, 11) is 0. The van der Waals surface area contributed by atoms with Crippen molar-refractivity contribution in [1.29, 1.82) is 0 Å². The predicted molar refractivity (Wildman–Crippen MR) is 130 cm³/mol. The van der Waals surface area contributed by atoms with Crippen molar-refractivity contribution < 1.29 is 9.59 Å². The zero-order chi connectivity index (χ0) is 22.1. The second-order valence-corrected chi connectivity index (χ2v) is 10.9. The minimum absolute atomic E-state index is 0.125. The van der Waals surface area contributed by atoms with Gasteiger partial charge in [0.05, 0.1) is 22.2 Å². The lowest BCUT2D eigenvalue weighted by Gasteiger charge is -2.29. The molecule has 2 N–H and O–H groups in total. The smallest absolute Gasteiger partial charge is 0.169 e. The Bertz CT molecular complexity index is 971. The van der Waals surface area contributed by atoms with E-state index in [4.69, 9.17) is 0 Å². The highest BCUT2D eigenvalue weighted by molar-refractivity contribution is 6.16. The Morgan fingerprint density at radius 1 is 0.719 bits per heavy atom. The number of aryl methyl sites for hydroxylation is 1. The van der Waals surface area contributed by atoms with E-state index in [1.807, 2.05) is 6.92 Å². The lowest BCUT2D eigenvalue weighted by Crippen LogP contribution is -2.26. The van der Waals surface area contributed by atoms with Gasteiger partial charge in [-0.05, 0) is 39.0 Å². The van der Waals surface area contributed by atoms with E-state index in [0.29, 0.717) is 17.5 Å². The number of carbonyl (C=O) groups is 2. The van der Waals surface area contributed by atoms with Crippen LogP contribution in [0.1, 0.15) is 141 Å². The van der Waals surface area contributed by atoms with Crippen molar-refractivity contribution in [3.63, 3.8) is 0 Å². The molecule has 0 saturated heterocycles. The van der Waals surface area contributed by atoms with Crippen LogP contribution in [0.15, 0.2) is 0 Å². The molecule has 4 nitrogen and oxygen atoms in total. The van der Waals surface area contributed by atoms with Crippen molar-refractivity contribution in [2.75, 3.05) is 0 Å². The number of hydrogen-bond donors (Lipinski definition) is 2. The predicted octanol–water partition coefficient (Wildman–Crippen LogP) is 7.77. The summed E-state index contributed by atoms with van der Waals surface area (Å²) in [6.07, 6.45) is 18.9. The quantitative estimate of drug-likeness (QED) is 0.472. The summed E-state index contributed by atoms with van der Waals surface area (Å²) in [5, 5.41) is 0. The summed E-state index contributed by atoms with van der Waals surface area (Å²) in [6.45, 7) is 2.02. The molecule has 2 bridgehead atoms. The maximum absolute atomic E-state index is 13.8. The second-order valence-electron chi connectivity index (χ2n) is 10.9. The van der Waals surface area contributed by atoms with E-state index in [1.54, 1.807) is 0 Å². The second kappa shape index (κ2) is 9.57. The molecule has 2 aromatic heterocycles. The SMILES string of the molecule is Cc1[nH]c2c3c([nH]c2c1C(=O)C1CCCCCCCC1)C1CCCCCCCC(C1)C3=O. The van der Waals surface area contributed by atoms with E-state index >= 15 is 0 Å². The molecule has 2 saturated carbocycles. The van der Waals surface area contributed by atoms with Crippen molar-refractivity contribution in [3.8, 4) is 0 Å².